The lowest BCUT2D eigenvalue weighted by Gasteiger charge is -2.51. The summed E-state index contributed by atoms with van der Waals surface area (Å²) in [5.74, 6) is 0.322. The zero-order valence-electron chi connectivity index (χ0n) is 20.9. The summed E-state index contributed by atoms with van der Waals surface area (Å²) in [4.78, 5) is 18.9. The number of nitrogens with zero attached hydrogens (tertiary/aromatic N) is 2. The molecular weight excluding hydrogens is 477 g/mol. The van der Waals surface area contributed by atoms with Gasteiger partial charge in [-0.05, 0) is 61.6 Å². The van der Waals surface area contributed by atoms with Crippen LogP contribution in [-0.2, 0) is 4.79 Å². The Hall–Kier alpha value is -1.85. The highest BCUT2D eigenvalue weighted by Crippen LogP contribution is 2.52. The van der Waals surface area contributed by atoms with Crippen LogP contribution in [0.2, 0.25) is 10.0 Å². The molecule has 2 aliphatic rings. The number of hydrogen-bond donors (Lipinski definition) is 1. The number of nitrogens with one attached hydrogen (secondary N) is 1. The molecule has 188 valence electrons. The lowest BCUT2D eigenvalue weighted by atomic mass is 9.67. The van der Waals surface area contributed by atoms with Crippen LogP contribution in [-0.4, -0.2) is 54.5 Å². The fourth-order valence-electron chi connectivity index (χ4n) is 5.81. The predicted molar refractivity (Wildman–Crippen MR) is 146 cm³/mol. The molecule has 4 nitrogen and oxygen atoms in total. The van der Waals surface area contributed by atoms with Crippen LogP contribution in [0.3, 0.4) is 0 Å². The van der Waals surface area contributed by atoms with Crippen LogP contribution in [0.15, 0.2) is 61.2 Å². The molecule has 2 saturated heterocycles. The van der Waals surface area contributed by atoms with E-state index in [4.69, 9.17) is 23.2 Å². The molecule has 0 radical (unpaired) electrons. The predicted octanol–water partition coefficient (Wildman–Crippen LogP) is 6.32. The first-order chi connectivity index (χ1) is 16.8. The molecule has 0 bridgehead atoms. The summed E-state index contributed by atoms with van der Waals surface area (Å²) in [6.07, 6.45) is 4.21. The smallest absolute Gasteiger partial charge is 0.229 e. The van der Waals surface area contributed by atoms with Crippen LogP contribution in [0.5, 0.6) is 0 Å². The van der Waals surface area contributed by atoms with Gasteiger partial charge in [-0.1, -0.05) is 60.5 Å². The van der Waals surface area contributed by atoms with Crippen molar-refractivity contribution < 1.29 is 4.79 Å². The highest BCUT2D eigenvalue weighted by molar-refractivity contribution is 6.30. The molecule has 4 rings (SSSR count). The first-order valence-electron chi connectivity index (χ1n) is 12.7. The van der Waals surface area contributed by atoms with E-state index >= 15 is 0 Å². The highest BCUT2D eigenvalue weighted by atomic mass is 35.5. The number of amides is 1. The third kappa shape index (κ3) is 5.94. The maximum absolute atomic E-state index is 14.2. The van der Waals surface area contributed by atoms with Gasteiger partial charge < -0.3 is 15.1 Å². The van der Waals surface area contributed by atoms with Crippen LogP contribution in [0.1, 0.15) is 56.2 Å². The number of likely N-dealkylation sites (tertiary alicyclic amines) is 1. The Morgan fingerprint density at radius 3 is 2.49 bits per heavy atom. The van der Waals surface area contributed by atoms with Crippen molar-refractivity contribution in [3.8, 4) is 0 Å². The van der Waals surface area contributed by atoms with Crippen molar-refractivity contribution in [3.05, 3.63) is 82.4 Å². The summed E-state index contributed by atoms with van der Waals surface area (Å²) in [6.45, 7) is 13.4. The van der Waals surface area contributed by atoms with Crippen LogP contribution >= 0.6 is 23.2 Å². The second-order valence-corrected chi connectivity index (χ2v) is 11.2. The van der Waals surface area contributed by atoms with Gasteiger partial charge in [-0.3, -0.25) is 4.79 Å². The maximum Gasteiger partial charge on any atom is 0.229 e. The van der Waals surface area contributed by atoms with Crippen LogP contribution < -0.4 is 5.32 Å². The van der Waals surface area contributed by atoms with Gasteiger partial charge in [-0.15, -0.1) is 6.58 Å². The van der Waals surface area contributed by atoms with Crippen molar-refractivity contribution in [2.75, 3.05) is 32.7 Å². The third-order valence-corrected chi connectivity index (χ3v) is 8.22. The van der Waals surface area contributed by atoms with E-state index in [-0.39, 0.29) is 23.9 Å². The average Bonchev–Trinajstić information content (AvgIpc) is 2.85. The SMILES string of the molecule is C=CC[C@@]1(C)C[C@H](c2cccc(Cl)c2)[C@@H](c2ccc(Cl)cc2)N([C@@H](C)CCN2CCNCC2)C1=O. The van der Waals surface area contributed by atoms with E-state index in [1.807, 2.05) is 30.3 Å². The number of hydrogen-bond acceptors (Lipinski definition) is 3. The Bertz CT molecular complexity index is 1020. The zero-order valence-corrected chi connectivity index (χ0v) is 22.4. The van der Waals surface area contributed by atoms with Crippen LogP contribution in [0.4, 0.5) is 0 Å². The van der Waals surface area contributed by atoms with E-state index in [9.17, 15) is 4.79 Å². The molecule has 1 amide bonds. The number of rotatable bonds is 8. The summed E-state index contributed by atoms with van der Waals surface area (Å²) in [7, 11) is 0. The summed E-state index contributed by atoms with van der Waals surface area (Å²) in [6, 6.07) is 16.1. The summed E-state index contributed by atoms with van der Waals surface area (Å²) in [5, 5.41) is 4.84. The van der Waals surface area contributed by atoms with Gasteiger partial charge >= 0.3 is 0 Å². The Morgan fingerprint density at radius 2 is 1.83 bits per heavy atom. The number of benzene rings is 2. The van der Waals surface area contributed by atoms with Crippen molar-refractivity contribution in [1.29, 1.82) is 0 Å². The van der Waals surface area contributed by atoms with E-state index in [2.05, 4.69) is 59.8 Å². The summed E-state index contributed by atoms with van der Waals surface area (Å²) in [5.41, 5.74) is 1.77. The van der Waals surface area contributed by atoms with Crippen LogP contribution in [0.25, 0.3) is 0 Å². The van der Waals surface area contributed by atoms with Gasteiger partial charge in [0, 0.05) is 54.7 Å². The topological polar surface area (TPSA) is 35.6 Å². The average molecular weight is 515 g/mol. The van der Waals surface area contributed by atoms with Crippen molar-refractivity contribution in [2.45, 2.75) is 51.1 Å². The Labute approximate surface area is 220 Å². The minimum absolute atomic E-state index is 0.0872. The normalized spacial score (nSPS) is 26.5. The molecule has 6 heteroatoms. The second-order valence-electron chi connectivity index (χ2n) is 10.4. The van der Waals surface area contributed by atoms with E-state index in [0.29, 0.717) is 11.4 Å². The minimum Gasteiger partial charge on any atom is -0.332 e. The van der Waals surface area contributed by atoms with E-state index < -0.39 is 5.41 Å². The van der Waals surface area contributed by atoms with Crippen molar-refractivity contribution in [1.82, 2.24) is 15.1 Å². The number of piperazine rings is 1. The Balaban J connectivity index is 1.74. The minimum atomic E-state index is -0.513. The Morgan fingerprint density at radius 1 is 1.11 bits per heavy atom. The monoisotopic (exact) mass is 513 g/mol. The molecule has 2 aromatic carbocycles. The number of allylic oxidation sites excluding steroid dienone is 1. The highest BCUT2D eigenvalue weighted by Gasteiger charge is 2.50. The second kappa shape index (κ2) is 11.5. The number of halogens is 2. The van der Waals surface area contributed by atoms with Crippen molar-refractivity contribution in [3.63, 3.8) is 0 Å². The summed E-state index contributed by atoms with van der Waals surface area (Å²) < 4.78 is 0. The number of piperidine rings is 1. The van der Waals surface area contributed by atoms with Gasteiger partial charge in [0.25, 0.3) is 0 Å². The van der Waals surface area contributed by atoms with Gasteiger partial charge in [0.2, 0.25) is 5.91 Å². The molecule has 2 aromatic rings. The molecule has 0 saturated carbocycles. The van der Waals surface area contributed by atoms with E-state index in [1.54, 1.807) is 0 Å². The fraction of sp³-hybridized carbons (Fsp3) is 0.483. The lowest BCUT2D eigenvalue weighted by molar-refractivity contribution is -0.154. The molecule has 4 atom stereocenters. The summed E-state index contributed by atoms with van der Waals surface area (Å²) >= 11 is 12.7. The molecule has 0 aromatic heterocycles. The number of carbonyl (C=O) groups excluding carboxylic acids is 1. The standard InChI is InChI=1S/C29H37Cl2N3O/c1-4-13-29(3)20-26(23-6-5-7-25(31)19-23)27(22-8-10-24(30)11-9-22)34(28(29)35)21(2)12-16-33-17-14-32-15-18-33/h4-11,19,21,26-27,32H,1,12-18,20H2,2-3H3/t21-,26+,27+,29-/m0/s1. The number of carbonyl (C=O) groups is 1. The molecule has 0 spiro atoms. The lowest BCUT2D eigenvalue weighted by Crippen LogP contribution is -2.55. The van der Waals surface area contributed by atoms with Gasteiger partial charge in [0.1, 0.15) is 0 Å². The molecule has 2 fully saturated rings. The van der Waals surface area contributed by atoms with Gasteiger partial charge in [0.15, 0.2) is 0 Å². The molecule has 0 aliphatic carbocycles. The third-order valence-electron chi connectivity index (χ3n) is 7.73. The largest absolute Gasteiger partial charge is 0.332 e. The molecule has 2 heterocycles. The van der Waals surface area contributed by atoms with Gasteiger partial charge in [-0.25, -0.2) is 0 Å². The van der Waals surface area contributed by atoms with Crippen molar-refractivity contribution >= 4 is 29.1 Å². The molecule has 35 heavy (non-hydrogen) atoms. The van der Waals surface area contributed by atoms with Gasteiger partial charge in [-0.2, -0.15) is 0 Å². The molecular formula is C29H37Cl2N3O. The van der Waals surface area contributed by atoms with Crippen LogP contribution in [0, 0.1) is 5.41 Å². The molecule has 2 aliphatic heterocycles. The fourth-order valence-corrected chi connectivity index (χ4v) is 6.14. The first-order valence-corrected chi connectivity index (χ1v) is 13.5. The Kier molecular flexibility index (Phi) is 8.59. The maximum atomic E-state index is 14.2. The zero-order chi connectivity index (χ0) is 25.0. The van der Waals surface area contributed by atoms with Gasteiger partial charge in [0.05, 0.1) is 11.5 Å². The van der Waals surface area contributed by atoms with E-state index in [0.717, 1.165) is 56.2 Å². The molecule has 1 N–H and O–H groups in total. The quantitative estimate of drug-likeness (QED) is 0.419. The first kappa shape index (κ1) is 26.2. The van der Waals surface area contributed by atoms with Crippen molar-refractivity contribution in [2.24, 2.45) is 5.41 Å². The molecule has 0 unspecified atom stereocenters. The van der Waals surface area contributed by atoms with E-state index in [1.165, 1.54) is 5.56 Å².